The third-order valence-corrected chi connectivity index (χ3v) is 9.69. The number of aromatic amines is 1. The molecule has 1 atom stereocenters. The van der Waals surface area contributed by atoms with Gasteiger partial charge in [-0.1, -0.05) is 48.6 Å². The Morgan fingerprint density at radius 2 is 1.77 bits per heavy atom. The van der Waals surface area contributed by atoms with Gasteiger partial charge in [-0.25, -0.2) is 17.7 Å². The number of para-hydroxylation sites is 1. The number of nitrogens with two attached hydrogens (primary N) is 1. The second-order valence-electron chi connectivity index (χ2n) is 9.86. The van der Waals surface area contributed by atoms with Crippen LogP contribution in [0.3, 0.4) is 0 Å². The van der Waals surface area contributed by atoms with Crippen LogP contribution in [0.25, 0.3) is 17.0 Å². The number of aromatic nitrogens is 2. The van der Waals surface area contributed by atoms with Crippen LogP contribution in [0, 0.1) is 11.8 Å². The third-order valence-electron chi connectivity index (χ3n) is 7.50. The number of nitrogens with one attached hydrogen (secondary N) is 2. The molecule has 3 aromatic rings. The zero-order chi connectivity index (χ0) is 24.4. The van der Waals surface area contributed by atoms with Crippen molar-refractivity contribution in [3.05, 3.63) is 65.7 Å². The summed E-state index contributed by atoms with van der Waals surface area (Å²) in [6, 6.07) is 15.6. The Labute approximate surface area is 207 Å². The Morgan fingerprint density at radius 3 is 2.60 bits per heavy atom. The minimum atomic E-state index is -3.41. The molecule has 8 heteroatoms. The van der Waals surface area contributed by atoms with Crippen molar-refractivity contribution < 1.29 is 13.4 Å². The molecule has 0 radical (unpaired) electrons. The van der Waals surface area contributed by atoms with Crippen LogP contribution in [0.15, 0.2) is 54.6 Å². The Hall–Kier alpha value is -2.97. The molecule has 1 heterocycles. The summed E-state index contributed by atoms with van der Waals surface area (Å²) in [7, 11) is -1.67. The van der Waals surface area contributed by atoms with Crippen LogP contribution in [0.2, 0.25) is 0 Å². The summed E-state index contributed by atoms with van der Waals surface area (Å²) >= 11 is 0. The van der Waals surface area contributed by atoms with E-state index < -0.39 is 15.3 Å². The van der Waals surface area contributed by atoms with E-state index in [2.05, 4.69) is 15.3 Å². The lowest BCUT2D eigenvalue weighted by Crippen LogP contribution is -2.37. The minimum Gasteiger partial charge on any atom is -0.334 e. The van der Waals surface area contributed by atoms with Gasteiger partial charge in [0.05, 0.1) is 11.9 Å². The number of benzene rings is 2. The van der Waals surface area contributed by atoms with E-state index in [4.69, 9.17) is 5.73 Å². The van der Waals surface area contributed by atoms with Crippen LogP contribution in [0.4, 0.5) is 11.8 Å². The number of anilines is 2. The average molecular weight is 493 g/mol. The maximum absolute atomic E-state index is 13.4. The van der Waals surface area contributed by atoms with Crippen LogP contribution in [-0.2, 0) is 10.0 Å². The first kappa shape index (κ1) is 23.8. The number of nitrogen functional groups attached to an aromatic ring is 1. The summed E-state index contributed by atoms with van der Waals surface area (Å²) in [5.74, 6) is 2.23. The fourth-order valence-electron chi connectivity index (χ4n) is 5.45. The molecule has 0 saturated heterocycles. The molecule has 2 aromatic carbocycles. The molecule has 0 spiro atoms. The predicted molar refractivity (Wildman–Crippen MR) is 141 cm³/mol. The van der Waals surface area contributed by atoms with Gasteiger partial charge in [0, 0.05) is 13.6 Å². The van der Waals surface area contributed by atoms with Crippen LogP contribution in [0.1, 0.15) is 48.5 Å². The lowest BCUT2D eigenvalue weighted by atomic mass is 9.82. The van der Waals surface area contributed by atoms with E-state index in [0.717, 1.165) is 54.3 Å². The average Bonchev–Trinajstić information content (AvgIpc) is 2.88. The molecular formula is C27H34N5O2S+. The van der Waals surface area contributed by atoms with E-state index in [-0.39, 0.29) is 0 Å². The number of fused-ring (bicyclic) bond motifs is 2. The highest BCUT2D eigenvalue weighted by Crippen LogP contribution is 2.37. The van der Waals surface area contributed by atoms with E-state index >= 15 is 0 Å². The number of sulfonamides is 1. The van der Waals surface area contributed by atoms with Gasteiger partial charge in [-0.05, 0) is 67.2 Å². The van der Waals surface area contributed by atoms with Crippen LogP contribution < -0.4 is 16.0 Å². The van der Waals surface area contributed by atoms with Gasteiger partial charge in [0.2, 0.25) is 15.8 Å². The molecule has 1 saturated carbocycles. The number of H-pyrrole nitrogens is 1. The summed E-state index contributed by atoms with van der Waals surface area (Å²) in [4.78, 5) is 7.79. The maximum atomic E-state index is 13.4. The Morgan fingerprint density at radius 1 is 1.06 bits per heavy atom. The third kappa shape index (κ3) is 5.04. The van der Waals surface area contributed by atoms with Gasteiger partial charge in [0.25, 0.3) is 0 Å². The molecule has 4 N–H and O–H groups in total. The first-order valence-electron chi connectivity index (χ1n) is 12.4. The largest absolute Gasteiger partial charge is 0.345 e. The standard InChI is InChI=1S/C27H33N5O2S/c1-32(35(33,34)25-12-6-8-21-7-2-3-9-22(21)25)18-20-15-13-19(14-16-20)17-29-27-30-24-11-5-4-10-23(24)26(28)31-27/h2-11,19-20,25H,12-18H2,1H3,(H3,28,29,30,31)/p+1. The molecule has 1 fully saturated rings. The van der Waals surface area contributed by atoms with Crippen molar-refractivity contribution in [2.45, 2.75) is 37.4 Å². The Kier molecular flexibility index (Phi) is 6.75. The molecule has 1 unspecified atom stereocenters. The quantitative estimate of drug-likeness (QED) is 0.513. The van der Waals surface area contributed by atoms with E-state index in [0.29, 0.717) is 36.6 Å². The lowest BCUT2D eigenvalue weighted by Gasteiger charge is -2.32. The second kappa shape index (κ2) is 9.95. The van der Waals surface area contributed by atoms with Crippen LogP contribution in [-0.4, -0.2) is 37.8 Å². The molecular weight excluding hydrogens is 458 g/mol. The Balaban J connectivity index is 1.14. The smallest absolute Gasteiger partial charge is 0.334 e. The van der Waals surface area contributed by atoms with E-state index in [1.165, 1.54) is 0 Å². The van der Waals surface area contributed by atoms with Crippen molar-refractivity contribution in [1.29, 1.82) is 0 Å². The van der Waals surface area contributed by atoms with Crippen LogP contribution >= 0.6 is 0 Å². The first-order valence-corrected chi connectivity index (χ1v) is 13.9. The first-order chi connectivity index (χ1) is 16.9. The number of rotatable bonds is 7. The molecule has 5 rings (SSSR count). The van der Waals surface area contributed by atoms with Gasteiger partial charge >= 0.3 is 5.95 Å². The van der Waals surface area contributed by atoms with Gasteiger partial charge in [-0.15, -0.1) is 4.98 Å². The van der Waals surface area contributed by atoms with Gasteiger partial charge in [-0.2, -0.15) is 0 Å². The normalized spacial score (nSPS) is 22.3. The molecule has 1 aromatic heterocycles. The molecule has 7 nitrogen and oxygen atoms in total. The van der Waals surface area contributed by atoms with Gasteiger partial charge < -0.3 is 5.73 Å². The van der Waals surface area contributed by atoms with Gasteiger partial charge in [0.15, 0.2) is 0 Å². The number of hydrogen-bond acceptors (Lipinski definition) is 5. The Bertz CT molecular complexity index is 1330. The lowest BCUT2D eigenvalue weighted by molar-refractivity contribution is -0.345. The highest BCUT2D eigenvalue weighted by Gasteiger charge is 2.34. The maximum Gasteiger partial charge on any atom is 0.345 e. The topological polar surface area (TPSA) is 102 Å². The molecule has 35 heavy (non-hydrogen) atoms. The number of nitrogens with zero attached hydrogens (tertiary/aromatic N) is 2. The van der Waals surface area contributed by atoms with E-state index in [1.54, 1.807) is 11.4 Å². The monoisotopic (exact) mass is 492 g/mol. The molecule has 2 aliphatic rings. The fourth-order valence-corrected chi connectivity index (χ4v) is 7.20. The van der Waals surface area contributed by atoms with Crippen molar-refractivity contribution in [2.24, 2.45) is 11.8 Å². The highest BCUT2D eigenvalue weighted by atomic mass is 32.2. The SMILES string of the molecule is CN(CC1CCC(CNc2nc3ccccc3c(N)[nH+]2)CC1)S(=O)(=O)C1CC=Cc2ccccc21. The number of hydrogen-bond donors (Lipinski definition) is 2. The van der Waals surface area contributed by atoms with E-state index in [9.17, 15) is 8.42 Å². The zero-order valence-electron chi connectivity index (χ0n) is 20.2. The molecule has 2 aliphatic carbocycles. The van der Waals surface area contributed by atoms with Crippen molar-refractivity contribution >= 4 is 38.8 Å². The summed E-state index contributed by atoms with van der Waals surface area (Å²) in [5.41, 5.74) is 8.94. The summed E-state index contributed by atoms with van der Waals surface area (Å²) in [5, 5.41) is 3.85. The summed E-state index contributed by atoms with van der Waals surface area (Å²) < 4.78 is 28.5. The van der Waals surface area contributed by atoms with Crippen molar-refractivity contribution in [3.63, 3.8) is 0 Å². The van der Waals surface area contributed by atoms with E-state index in [1.807, 2.05) is 60.7 Å². The summed E-state index contributed by atoms with van der Waals surface area (Å²) in [6.45, 7) is 1.41. The molecule has 184 valence electrons. The zero-order valence-corrected chi connectivity index (χ0v) is 21.0. The molecule has 0 aliphatic heterocycles. The number of allylic oxidation sites excluding steroid dienone is 1. The fraction of sp³-hybridized carbons (Fsp3) is 0.407. The van der Waals surface area contributed by atoms with Gasteiger partial charge in [0.1, 0.15) is 10.8 Å². The second-order valence-corrected chi connectivity index (χ2v) is 12.1. The molecule has 0 amide bonds. The van der Waals surface area contributed by atoms with Crippen molar-refractivity contribution in [3.8, 4) is 0 Å². The van der Waals surface area contributed by atoms with Crippen molar-refractivity contribution in [1.82, 2.24) is 9.29 Å². The van der Waals surface area contributed by atoms with Gasteiger partial charge in [-0.3, -0.25) is 5.32 Å². The molecule has 0 bridgehead atoms. The minimum absolute atomic E-state index is 0.390. The summed E-state index contributed by atoms with van der Waals surface area (Å²) in [6.07, 6.45) is 8.75. The van der Waals surface area contributed by atoms with Crippen LogP contribution in [0.5, 0.6) is 0 Å². The predicted octanol–water partition coefficient (Wildman–Crippen LogP) is 4.27. The van der Waals surface area contributed by atoms with Crippen molar-refractivity contribution in [2.75, 3.05) is 31.2 Å². The highest BCUT2D eigenvalue weighted by molar-refractivity contribution is 7.89.